The molecular weight excluding hydrogens is 384 g/mol. The molecule has 0 spiro atoms. The van der Waals surface area contributed by atoms with Crippen LogP contribution in [0.15, 0.2) is 48.5 Å². The summed E-state index contributed by atoms with van der Waals surface area (Å²) in [6, 6.07) is 18.0. The predicted octanol–water partition coefficient (Wildman–Crippen LogP) is 3.87. The quantitative estimate of drug-likeness (QED) is 0.742. The fourth-order valence-electron chi connectivity index (χ4n) is 6.28. The van der Waals surface area contributed by atoms with E-state index in [4.69, 9.17) is 4.74 Å². The van der Waals surface area contributed by atoms with Gasteiger partial charge < -0.3 is 15.0 Å². The fourth-order valence-corrected chi connectivity index (χ4v) is 6.28. The maximum Gasteiger partial charge on any atom is 0.223 e. The van der Waals surface area contributed by atoms with Gasteiger partial charge in [0.25, 0.3) is 0 Å². The lowest BCUT2D eigenvalue weighted by Crippen LogP contribution is -2.37. The van der Waals surface area contributed by atoms with Crippen molar-refractivity contribution < 1.29 is 9.53 Å². The molecule has 4 heteroatoms. The summed E-state index contributed by atoms with van der Waals surface area (Å²) in [4.78, 5) is 15.0. The number of hydrogen-bond donors (Lipinski definition) is 1. The van der Waals surface area contributed by atoms with Crippen molar-refractivity contribution in [2.24, 2.45) is 17.8 Å². The van der Waals surface area contributed by atoms with Gasteiger partial charge in [0.15, 0.2) is 0 Å². The molecule has 1 saturated carbocycles. The number of fused-ring (bicyclic) bond motifs is 2. The van der Waals surface area contributed by atoms with Gasteiger partial charge in [0.1, 0.15) is 5.75 Å². The lowest BCUT2D eigenvalue weighted by atomic mass is 9.88. The standard InChI is InChI=1S/C27H34N2O2/c1-18-13-26-24(25(18)17-28-22-14-20-5-3-4-6-21(20)15-22)16-27(30)29(26)12-11-19-7-9-23(31-2)10-8-19/h3-10,18,22,24-26,28H,11-17H2,1-2H3/t18-,24-,25+,26+/m0/s1. The maximum atomic E-state index is 12.9. The normalized spacial score (nSPS) is 27.5. The Morgan fingerprint density at radius 3 is 2.42 bits per heavy atom. The minimum atomic E-state index is 0.355. The second kappa shape index (κ2) is 8.66. The van der Waals surface area contributed by atoms with Crippen molar-refractivity contribution in [2.75, 3.05) is 20.2 Å². The Balaban J connectivity index is 1.17. The monoisotopic (exact) mass is 418 g/mol. The zero-order valence-electron chi connectivity index (χ0n) is 18.7. The minimum absolute atomic E-state index is 0.355. The van der Waals surface area contributed by atoms with Gasteiger partial charge in [0, 0.05) is 25.0 Å². The van der Waals surface area contributed by atoms with Gasteiger partial charge in [-0.1, -0.05) is 43.3 Å². The molecule has 1 saturated heterocycles. The summed E-state index contributed by atoms with van der Waals surface area (Å²) < 4.78 is 5.25. The van der Waals surface area contributed by atoms with Crippen LogP contribution in [0.3, 0.4) is 0 Å². The molecule has 1 aliphatic heterocycles. The van der Waals surface area contributed by atoms with Gasteiger partial charge in [-0.2, -0.15) is 0 Å². The summed E-state index contributed by atoms with van der Waals surface area (Å²) in [5, 5.41) is 3.87. The summed E-state index contributed by atoms with van der Waals surface area (Å²) in [6.07, 6.45) is 5.07. The second-order valence-electron chi connectivity index (χ2n) is 9.78. The third-order valence-electron chi connectivity index (χ3n) is 8.01. The number of ether oxygens (including phenoxy) is 1. The molecule has 2 aromatic carbocycles. The van der Waals surface area contributed by atoms with Gasteiger partial charge in [-0.05, 0) is 78.8 Å². The van der Waals surface area contributed by atoms with Crippen LogP contribution in [0.4, 0.5) is 0 Å². The van der Waals surface area contributed by atoms with E-state index in [0.717, 1.165) is 50.9 Å². The molecule has 1 heterocycles. The molecule has 164 valence electrons. The van der Waals surface area contributed by atoms with Crippen LogP contribution < -0.4 is 10.1 Å². The van der Waals surface area contributed by atoms with Crippen LogP contribution in [-0.2, 0) is 24.1 Å². The largest absolute Gasteiger partial charge is 0.497 e. The summed E-state index contributed by atoms with van der Waals surface area (Å²) in [5.74, 6) is 3.02. The second-order valence-corrected chi connectivity index (χ2v) is 9.78. The van der Waals surface area contributed by atoms with E-state index in [1.807, 2.05) is 12.1 Å². The van der Waals surface area contributed by atoms with E-state index in [1.165, 1.54) is 16.7 Å². The summed E-state index contributed by atoms with van der Waals surface area (Å²) in [5.41, 5.74) is 4.26. The van der Waals surface area contributed by atoms with E-state index in [0.29, 0.717) is 35.7 Å². The highest BCUT2D eigenvalue weighted by Crippen LogP contribution is 2.46. The van der Waals surface area contributed by atoms with Crippen molar-refractivity contribution in [3.63, 3.8) is 0 Å². The highest BCUT2D eigenvalue weighted by molar-refractivity contribution is 5.79. The maximum absolute atomic E-state index is 12.9. The molecule has 2 aromatic rings. The molecule has 1 amide bonds. The van der Waals surface area contributed by atoms with E-state index in [2.05, 4.69) is 53.5 Å². The molecule has 0 bridgehead atoms. The summed E-state index contributed by atoms with van der Waals surface area (Å²) in [7, 11) is 1.69. The molecule has 2 aliphatic carbocycles. The number of likely N-dealkylation sites (tertiary alicyclic amines) is 1. The summed E-state index contributed by atoms with van der Waals surface area (Å²) >= 11 is 0. The first kappa shape index (κ1) is 20.6. The van der Waals surface area contributed by atoms with Gasteiger partial charge in [-0.25, -0.2) is 0 Å². The molecule has 31 heavy (non-hydrogen) atoms. The number of nitrogens with one attached hydrogen (secondary N) is 1. The first-order valence-corrected chi connectivity index (χ1v) is 11.8. The van der Waals surface area contributed by atoms with Crippen LogP contribution >= 0.6 is 0 Å². The number of carbonyl (C=O) groups excluding carboxylic acids is 1. The first-order valence-electron chi connectivity index (χ1n) is 11.8. The van der Waals surface area contributed by atoms with Crippen LogP contribution in [0.5, 0.6) is 5.75 Å². The average Bonchev–Trinajstić information content (AvgIpc) is 3.42. The van der Waals surface area contributed by atoms with Crippen molar-refractivity contribution in [1.82, 2.24) is 10.2 Å². The molecule has 3 aliphatic rings. The lowest BCUT2D eigenvalue weighted by Gasteiger charge is -2.25. The van der Waals surface area contributed by atoms with Crippen LogP contribution in [0, 0.1) is 17.8 Å². The molecule has 0 radical (unpaired) electrons. The number of nitrogens with zero attached hydrogens (tertiary/aromatic N) is 1. The van der Waals surface area contributed by atoms with Gasteiger partial charge in [-0.3, -0.25) is 4.79 Å². The number of methoxy groups -OCH3 is 1. The molecule has 4 atom stereocenters. The third-order valence-corrected chi connectivity index (χ3v) is 8.01. The van der Waals surface area contributed by atoms with Crippen molar-refractivity contribution in [1.29, 1.82) is 0 Å². The highest BCUT2D eigenvalue weighted by Gasteiger charge is 2.50. The molecule has 4 nitrogen and oxygen atoms in total. The Hall–Kier alpha value is -2.33. The molecular formula is C27H34N2O2. The fraction of sp³-hybridized carbons (Fsp3) is 0.519. The van der Waals surface area contributed by atoms with E-state index >= 15 is 0 Å². The van der Waals surface area contributed by atoms with Crippen molar-refractivity contribution >= 4 is 5.91 Å². The average molecular weight is 419 g/mol. The van der Waals surface area contributed by atoms with Gasteiger partial charge >= 0.3 is 0 Å². The molecule has 2 fully saturated rings. The lowest BCUT2D eigenvalue weighted by molar-refractivity contribution is -0.129. The van der Waals surface area contributed by atoms with Crippen molar-refractivity contribution in [2.45, 2.75) is 51.1 Å². The highest BCUT2D eigenvalue weighted by atomic mass is 16.5. The van der Waals surface area contributed by atoms with E-state index < -0.39 is 0 Å². The van der Waals surface area contributed by atoms with Gasteiger partial charge in [-0.15, -0.1) is 0 Å². The predicted molar refractivity (Wildman–Crippen MR) is 123 cm³/mol. The summed E-state index contributed by atoms with van der Waals surface area (Å²) in [6.45, 7) is 4.26. The van der Waals surface area contributed by atoms with E-state index in [-0.39, 0.29) is 0 Å². The minimum Gasteiger partial charge on any atom is -0.497 e. The number of amides is 1. The van der Waals surface area contributed by atoms with Crippen LogP contribution in [0.1, 0.15) is 36.5 Å². The number of carbonyl (C=O) groups is 1. The van der Waals surface area contributed by atoms with Crippen molar-refractivity contribution in [3.05, 3.63) is 65.2 Å². The Morgan fingerprint density at radius 1 is 1.03 bits per heavy atom. The van der Waals surface area contributed by atoms with Crippen LogP contribution in [0.25, 0.3) is 0 Å². The van der Waals surface area contributed by atoms with Gasteiger partial charge in [0.2, 0.25) is 5.91 Å². The molecule has 5 rings (SSSR count). The molecule has 0 aromatic heterocycles. The third kappa shape index (κ3) is 4.10. The van der Waals surface area contributed by atoms with Crippen LogP contribution in [0.2, 0.25) is 0 Å². The first-order chi connectivity index (χ1) is 15.1. The molecule has 1 N–H and O–H groups in total. The number of benzene rings is 2. The topological polar surface area (TPSA) is 41.6 Å². The Labute approximate surface area is 186 Å². The van der Waals surface area contributed by atoms with Gasteiger partial charge in [0.05, 0.1) is 7.11 Å². The van der Waals surface area contributed by atoms with Crippen LogP contribution in [-0.4, -0.2) is 43.1 Å². The van der Waals surface area contributed by atoms with E-state index in [9.17, 15) is 4.79 Å². The smallest absolute Gasteiger partial charge is 0.223 e. The Morgan fingerprint density at radius 2 is 1.74 bits per heavy atom. The zero-order chi connectivity index (χ0) is 21.4. The Bertz CT molecular complexity index is 900. The molecule has 0 unspecified atom stereocenters. The van der Waals surface area contributed by atoms with Crippen molar-refractivity contribution in [3.8, 4) is 5.75 Å². The number of hydrogen-bond acceptors (Lipinski definition) is 3. The Kier molecular flexibility index (Phi) is 5.75. The SMILES string of the molecule is COc1ccc(CCN2C(=O)C[C@H]3[C@H](CNC4Cc5ccccc5C4)[C@@H](C)C[C@H]32)cc1. The zero-order valence-corrected chi connectivity index (χ0v) is 18.7. The van der Waals surface area contributed by atoms with E-state index in [1.54, 1.807) is 7.11 Å². The number of rotatable bonds is 7.